The Hall–Kier alpha value is -4.55. The van der Waals surface area contributed by atoms with Crippen LogP contribution in [-0.2, 0) is 16.0 Å². The van der Waals surface area contributed by atoms with Gasteiger partial charge in [-0.2, -0.15) is 0 Å². The quantitative estimate of drug-likeness (QED) is 0.274. The number of nitrogens with one attached hydrogen (secondary N) is 1. The molecule has 198 valence electrons. The van der Waals surface area contributed by atoms with Gasteiger partial charge in [-0.05, 0) is 55.4 Å². The van der Waals surface area contributed by atoms with Crippen LogP contribution in [0.1, 0.15) is 17.2 Å². The maximum atomic E-state index is 13.8. The van der Waals surface area contributed by atoms with Gasteiger partial charge in [-0.15, -0.1) is 0 Å². The number of benzene rings is 3. The number of carbonyl (C=O) groups is 2. The topological polar surface area (TPSA) is 65.5 Å². The second-order valence-electron chi connectivity index (χ2n) is 9.50. The third kappa shape index (κ3) is 7.72. The maximum absolute atomic E-state index is 13.8. The first-order chi connectivity index (χ1) is 19.0. The van der Waals surface area contributed by atoms with E-state index in [9.17, 15) is 9.59 Å². The van der Waals surface area contributed by atoms with E-state index in [4.69, 9.17) is 0 Å². The summed E-state index contributed by atoms with van der Waals surface area (Å²) in [5.41, 5.74) is 4.50. The molecule has 0 saturated carbocycles. The molecule has 0 aliphatic heterocycles. The molecule has 4 rings (SSSR count). The van der Waals surface area contributed by atoms with Gasteiger partial charge in [-0.1, -0.05) is 84.9 Å². The molecule has 0 spiro atoms. The van der Waals surface area contributed by atoms with Crippen LogP contribution in [0.4, 0.5) is 5.69 Å². The minimum atomic E-state index is -0.895. The fourth-order valence-electron chi connectivity index (χ4n) is 4.32. The van der Waals surface area contributed by atoms with Crippen molar-refractivity contribution in [1.29, 1.82) is 0 Å². The van der Waals surface area contributed by atoms with Gasteiger partial charge in [0.15, 0.2) is 0 Å². The molecule has 39 heavy (non-hydrogen) atoms. The van der Waals surface area contributed by atoms with E-state index in [-0.39, 0.29) is 11.8 Å². The Morgan fingerprint density at radius 3 is 2.15 bits per heavy atom. The highest BCUT2D eigenvalue weighted by molar-refractivity contribution is 6.06. The Kier molecular flexibility index (Phi) is 9.75. The Balaban J connectivity index is 1.67. The van der Waals surface area contributed by atoms with Gasteiger partial charge >= 0.3 is 0 Å². The van der Waals surface area contributed by atoms with Crippen molar-refractivity contribution in [3.63, 3.8) is 0 Å². The monoisotopic (exact) mass is 518 g/mol. The molecule has 6 nitrogen and oxygen atoms in total. The molecular formula is C33H34N4O2. The molecule has 1 aromatic heterocycles. The molecule has 0 radical (unpaired) electrons. The lowest BCUT2D eigenvalue weighted by atomic mass is 10.0. The molecule has 1 N–H and O–H groups in total. The standard InChI is InChI=1S/C33H34N4O2/c1-36(2)24-10-16-31(38)37(30-19-17-28(18-20-30)27-13-7-4-8-14-27)32(29-15-9-22-34-25-29)33(39)35-23-21-26-11-5-3-6-12-26/h3-20,22,25,32H,21,23-24H2,1-2H3,(H,35,39)/b16-10+. The summed E-state index contributed by atoms with van der Waals surface area (Å²) in [6, 6.07) is 30.5. The summed E-state index contributed by atoms with van der Waals surface area (Å²) < 4.78 is 0. The van der Waals surface area contributed by atoms with Gasteiger partial charge in [-0.25, -0.2) is 0 Å². The van der Waals surface area contributed by atoms with Crippen molar-refractivity contribution in [1.82, 2.24) is 15.2 Å². The highest BCUT2D eigenvalue weighted by atomic mass is 16.2. The molecule has 4 aromatic rings. The molecule has 0 saturated heterocycles. The van der Waals surface area contributed by atoms with Crippen LogP contribution in [0.3, 0.4) is 0 Å². The first-order valence-electron chi connectivity index (χ1n) is 13.0. The first kappa shape index (κ1) is 27.5. The van der Waals surface area contributed by atoms with E-state index in [1.807, 2.05) is 110 Å². The molecule has 0 bridgehead atoms. The average Bonchev–Trinajstić information content (AvgIpc) is 2.97. The smallest absolute Gasteiger partial charge is 0.251 e. The average molecular weight is 519 g/mol. The van der Waals surface area contributed by atoms with Crippen molar-refractivity contribution >= 4 is 17.5 Å². The molecule has 2 amide bonds. The lowest BCUT2D eigenvalue weighted by Gasteiger charge is -2.30. The third-order valence-electron chi connectivity index (χ3n) is 6.28. The number of likely N-dealkylation sites (N-methyl/N-ethyl adjacent to an activating group) is 1. The van der Waals surface area contributed by atoms with Crippen molar-refractivity contribution in [2.75, 3.05) is 32.1 Å². The van der Waals surface area contributed by atoms with E-state index in [1.54, 1.807) is 29.4 Å². The zero-order valence-corrected chi connectivity index (χ0v) is 22.4. The minimum absolute atomic E-state index is 0.263. The fraction of sp³-hybridized carbons (Fsp3) is 0.182. The summed E-state index contributed by atoms with van der Waals surface area (Å²) >= 11 is 0. The zero-order chi connectivity index (χ0) is 27.5. The van der Waals surface area contributed by atoms with E-state index in [0.717, 1.165) is 16.7 Å². The second kappa shape index (κ2) is 13.8. The molecule has 0 fully saturated rings. The van der Waals surface area contributed by atoms with Crippen LogP contribution in [0.2, 0.25) is 0 Å². The second-order valence-corrected chi connectivity index (χ2v) is 9.50. The van der Waals surface area contributed by atoms with Crippen molar-refractivity contribution in [2.45, 2.75) is 12.5 Å². The van der Waals surface area contributed by atoms with Crippen LogP contribution in [0.5, 0.6) is 0 Å². The number of anilines is 1. The van der Waals surface area contributed by atoms with E-state index in [1.165, 1.54) is 6.08 Å². The molecule has 1 heterocycles. The Morgan fingerprint density at radius 1 is 0.846 bits per heavy atom. The SMILES string of the molecule is CN(C)C/C=C/C(=O)N(c1ccc(-c2ccccc2)cc1)C(C(=O)NCCc1ccccc1)c1cccnc1. The van der Waals surface area contributed by atoms with Gasteiger partial charge in [0.05, 0.1) is 0 Å². The van der Waals surface area contributed by atoms with Gasteiger partial charge in [-0.3, -0.25) is 19.5 Å². The zero-order valence-electron chi connectivity index (χ0n) is 22.4. The van der Waals surface area contributed by atoms with Gasteiger partial charge in [0, 0.05) is 42.8 Å². The highest BCUT2D eigenvalue weighted by Gasteiger charge is 2.32. The van der Waals surface area contributed by atoms with Crippen molar-refractivity contribution < 1.29 is 9.59 Å². The number of aromatic nitrogens is 1. The van der Waals surface area contributed by atoms with Crippen LogP contribution in [0.15, 0.2) is 122 Å². The number of hydrogen-bond acceptors (Lipinski definition) is 4. The Morgan fingerprint density at radius 2 is 1.51 bits per heavy atom. The van der Waals surface area contributed by atoms with Gasteiger partial charge in [0.1, 0.15) is 6.04 Å². The molecule has 6 heteroatoms. The van der Waals surface area contributed by atoms with E-state index >= 15 is 0 Å². The third-order valence-corrected chi connectivity index (χ3v) is 6.28. The van der Waals surface area contributed by atoms with Crippen molar-refractivity contribution in [3.8, 4) is 11.1 Å². The number of carbonyl (C=O) groups excluding carboxylic acids is 2. The number of nitrogens with zero attached hydrogens (tertiary/aromatic N) is 3. The lowest BCUT2D eigenvalue weighted by Crippen LogP contribution is -2.44. The summed E-state index contributed by atoms with van der Waals surface area (Å²) in [6.45, 7) is 1.05. The van der Waals surface area contributed by atoms with E-state index in [0.29, 0.717) is 30.8 Å². The summed E-state index contributed by atoms with van der Waals surface area (Å²) in [5.74, 6) is -0.545. The fourth-order valence-corrected chi connectivity index (χ4v) is 4.32. The Labute approximate surface area is 230 Å². The predicted octanol–water partition coefficient (Wildman–Crippen LogP) is 5.30. The molecule has 1 unspecified atom stereocenters. The molecule has 3 aromatic carbocycles. The molecule has 0 aliphatic carbocycles. The lowest BCUT2D eigenvalue weighted by molar-refractivity contribution is -0.125. The number of hydrogen-bond donors (Lipinski definition) is 1. The van der Waals surface area contributed by atoms with Crippen LogP contribution < -0.4 is 10.2 Å². The van der Waals surface area contributed by atoms with Gasteiger partial charge < -0.3 is 10.2 Å². The van der Waals surface area contributed by atoms with Gasteiger partial charge in [0.25, 0.3) is 5.91 Å². The molecule has 1 atom stereocenters. The molecule has 0 aliphatic rings. The van der Waals surface area contributed by atoms with Crippen molar-refractivity contribution in [2.24, 2.45) is 0 Å². The maximum Gasteiger partial charge on any atom is 0.251 e. The van der Waals surface area contributed by atoms with Crippen LogP contribution in [0, 0.1) is 0 Å². The van der Waals surface area contributed by atoms with E-state index < -0.39 is 6.04 Å². The van der Waals surface area contributed by atoms with E-state index in [2.05, 4.69) is 10.3 Å². The number of rotatable bonds is 11. The minimum Gasteiger partial charge on any atom is -0.354 e. The van der Waals surface area contributed by atoms with Gasteiger partial charge in [0.2, 0.25) is 5.91 Å². The predicted molar refractivity (Wildman–Crippen MR) is 157 cm³/mol. The van der Waals surface area contributed by atoms with Crippen molar-refractivity contribution in [3.05, 3.63) is 133 Å². The summed E-state index contributed by atoms with van der Waals surface area (Å²) in [7, 11) is 3.88. The number of pyridine rings is 1. The van der Waals surface area contributed by atoms with Crippen LogP contribution in [-0.4, -0.2) is 48.9 Å². The summed E-state index contributed by atoms with van der Waals surface area (Å²) in [4.78, 5) is 35.2. The van der Waals surface area contributed by atoms with Crippen LogP contribution >= 0.6 is 0 Å². The van der Waals surface area contributed by atoms with Crippen LogP contribution in [0.25, 0.3) is 11.1 Å². The Bertz CT molecular complexity index is 1360. The number of amides is 2. The highest BCUT2D eigenvalue weighted by Crippen LogP contribution is 2.30. The largest absolute Gasteiger partial charge is 0.354 e. The molecular weight excluding hydrogens is 484 g/mol. The first-order valence-corrected chi connectivity index (χ1v) is 13.0. The normalized spacial score (nSPS) is 11.9. The summed E-state index contributed by atoms with van der Waals surface area (Å²) in [5, 5.41) is 3.05. The summed E-state index contributed by atoms with van der Waals surface area (Å²) in [6.07, 6.45) is 7.33.